The summed E-state index contributed by atoms with van der Waals surface area (Å²) in [5.74, 6) is -0.0886. The lowest BCUT2D eigenvalue weighted by Gasteiger charge is -2.46. The maximum atomic E-state index is 13.8. The van der Waals surface area contributed by atoms with Crippen LogP contribution < -0.4 is 0 Å². The number of benzene rings is 2. The SMILES string of the molecule is [C-]#[N+]C1=C[C@@]2(C)c3nc(-c4cc(C)nc5ccccc45)nc(-c4ccc(F)cc4)c3CC[C@@H]2[C@@H](C)C1=O. The summed E-state index contributed by atoms with van der Waals surface area (Å²) in [6.07, 6.45) is 3.32. The normalized spacial score (nSPS) is 22.7. The number of aromatic nitrogens is 3. The molecule has 2 aliphatic carbocycles. The zero-order valence-corrected chi connectivity index (χ0v) is 20.9. The highest BCUT2D eigenvalue weighted by Crippen LogP contribution is 2.51. The average Bonchev–Trinajstić information content (AvgIpc) is 2.90. The van der Waals surface area contributed by atoms with Crippen LogP contribution in [0.3, 0.4) is 0 Å². The Kier molecular flexibility index (Phi) is 5.27. The molecular formula is C31H25FN4O. The number of ketones is 1. The molecular weight excluding hydrogens is 463 g/mol. The number of carbonyl (C=O) groups is 1. The molecule has 2 aliphatic rings. The number of aryl methyl sites for hydroxylation is 1. The van der Waals surface area contributed by atoms with E-state index in [1.165, 1.54) is 12.1 Å². The highest BCUT2D eigenvalue weighted by molar-refractivity contribution is 6.00. The lowest BCUT2D eigenvalue weighted by Crippen LogP contribution is -2.46. The van der Waals surface area contributed by atoms with Crippen molar-refractivity contribution in [3.05, 3.63) is 101 Å². The molecule has 2 aromatic heterocycles. The smallest absolute Gasteiger partial charge is 0.226 e. The molecule has 0 saturated carbocycles. The van der Waals surface area contributed by atoms with Gasteiger partial charge in [0.15, 0.2) is 11.6 Å². The molecule has 0 N–H and O–H groups in total. The summed E-state index contributed by atoms with van der Waals surface area (Å²) >= 11 is 0. The van der Waals surface area contributed by atoms with Crippen LogP contribution >= 0.6 is 0 Å². The van der Waals surface area contributed by atoms with E-state index in [9.17, 15) is 9.18 Å². The highest BCUT2D eigenvalue weighted by atomic mass is 19.1. The van der Waals surface area contributed by atoms with Gasteiger partial charge in [-0.25, -0.2) is 19.2 Å². The summed E-state index contributed by atoms with van der Waals surface area (Å²) in [7, 11) is 0. The van der Waals surface area contributed by atoms with Crippen molar-refractivity contribution in [1.82, 2.24) is 15.0 Å². The molecule has 0 saturated heterocycles. The van der Waals surface area contributed by atoms with Crippen LogP contribution in [0.4, 0.5) is 4.39 Å². The molecule has 0 aliphatic heterocycles. The number of para-hydroxylation sites is 1. The Morgan fingerprint density at radius 2 is 1.84 bits per heavy atom. The van der Waals surface area contributed by atoms with Gasteiger partial charge >= 0.3 is 0 Å². The molecule has 2 aromatic carbocycles. The number of allylic oxidation sites excluding steroid dienone is 2. The molecule has 0 bridgehead atoms. The predicted octanol–water partition coefficient (Wildman–Crippen LogP) is 6.65. The molecule has 5 nitrogen and oxygen atoms in total. The zero-order valence-electron chi connectivity index (χ0n) is 20.9. The minimum Gasteiger partial charge on any atom is -0.308 e. The van der Waals surface area contributed by atoms with Gasteiger partial charge < -0.3 is 4.79 Å². The zero-order chi connectivity index (χ0) is 25.9. The molecule has 6 rings (SSSR count). The molecule has 0 radical (unpaired) electrons. The Labute approximate surface area is 214 Å². The minimum absolute atomic E-state index is 0.0257. The molecule has 6 heteroatoms. The second-order valence-corrected chi connectivity index (χ2v) is 10.3. The quantitative estimate of drug-likeness (QED) is 0.297. The van der Waals surface area contributed by atoms with Crippen LogP contribution in [0.5, 0.6) is 0 Å². The molecule has 4 aromatic rings. The number of fused-ring (bicyclic) bond motifs is 4. The van der Waals surface area contributed by atoms with Crippen molar-refractivity contribution < 1.29 is 9.18 Å². The molecule has 0 unspecified atom stereocenters. The molecule has 0 amide bonds. The van der Waals surface area contributed by atoms with Gasteiger partial charge in [-0.1, -0.05) is 38.1 Å². The van der Waals surface area contributed by atoms with Crippen LogP contribution in [0.2, 0.25) is 0 Å². The third-order valence-corrected chi connectivity index (χ3v) is 8.02. The first-order valence-electron chi connectivity index (χ1n) is 12.5. The number of hydrogen-bond acceptors (Lipinski definition) is 4. The van der Waals surface area contributed by atoms with Crippen molar-refractivity contribution in [2.45, 2.75) is 39.0 Å². The molecule has 0 spiro atoms. The van der Waals surface area contributed by atoms with E-state index < -0.39 is 5.41 Å². The minimum atomic E-state index is -0.606. The van der Waals surface area contributed by atoms with Gasteiger partial charge in [-0.05, 0) is 62.1 Å². The second kappa shape index (κ2) is 8.41. The summed E-state index contributed by atoms with van der Waals surface area (Å²) in [6.45, 7) is 13.6. The fourth-order valence-corrected chi connectivity index (χ4v) is 6.20. The summed E-state index contributed by atoms with van der Waals surface area (Å²) in [4.78, 5) is 31.4. The van der Waals surface area contributed by atoms with Crippen LogP contribution in [0.15, 0.2) is 66.4 Å². The number of carbonyl (C=O) groups excluding carboxylic acids is 1. The van der Waals surface area contributed by atoms with E-state index in [-0.39, 0.29) is 29.1 Å². The van der Waals surface area contributed by atoms with Gasteiger partial charge in [-0.2, -0.15) is 0 Å². The van der Waals surface area contributed by atoms with E-state index >= 15 is 0 Å². The maximum Gasteiger partial charge on any atom is 0.226 e. The number of pyridine rings is 1. The maximum absolute atomic E-state index is 13.8. The van der Waals surface area contributed by atoms with Crippen LogP contribution in [-0.4, -0.2) is 20.7 Å². The topological polar surface area (TPSA) is 60.1 Å². The van der Waals surface area contributed by atoms with Crippen LogP contribution in [0.1, 0.15) is 37.2 Å². The Morgan fingerprint density at radius 1 is 1.08 bits per heavy atom. The largest absolute Gasteiger partial charge is 0.308 e. The third-order valence-electron chi connectivity index (χ3n) is 8.02. The Balaban J connectivity index is 1.69. The van der Waals surface area contributed by atoms with Crippen molar-refractivity contribution in [3.63, 3.8) is 0 Å². The lowest BCUT2D eigenvalue weighted by molar-refractivity contribution is -0.121. The average molecular weight is 489 g/mol. The fraction of sp³-hybridized carbons (Fsp3) is 0.258. The third kappa shape index (κ3) is 3.57. The first-order valence-corrected chi connectivity index (χ1v) is 12.5. The van der Waals surface area contributed by atoms with Gasteiger partial charge in [0.2, 0.25) is 5.70 Å². The molecule has 37 heavy (non-hydrogen) atoms. The second-order valence-electron chi connectivity index (χ2n) is 10.3. The fourth-order valence-electron chi connectivity index (χ4n) is 6.20. The van der Waals surface area contributed by atoms with Crippen molar-refractivity contribution >= 4 is 16.7 Å². The number of halogens is 1. The number of rotatable bonds is 2. The van der Waals surface area contributed by atoms with E-state index in [4.69, 9.17) is 16.5 Å². The Hall–Kier alpha value is -4.24. The number of Topliss-reactive ketones (excluding diaryl/α,β-unsaturated/α-hetero) is 1. The van der Waals surface area contributed by atoms with E-state index in [1.807, 2.05) is 50.3 Å². The van der Waals surface area contributed by atoms with E-state index in [1.54, 1.807) is 12.1 Å². The van der Waals surface area contributed by atoms with Crippen LogP contribution in [-0.2, 0) is 16.6 Å². The van der Waals surface area contributed by atoms with Gasteiger partial charge in [0.05, 0.1) is 23.5 Å². The number of hydrogen-bond donors (Lipinski definition) is 0. The van der Waals surface area contributed by atoms with E-state index in [0.717, 1.165) is 51.1 Å². The van der Waals surface area contributed by atoms with Gasteiger partial charge in [0, 0.05) is 39.1 Å². The van der Waals surface area contributed by atoms with Crippen LogP contribution in [0.25, 0.3) is 38.4 Å². The number of nitrogens with zero attached hydrogens (tertiary/aromatic N) is 4. The predicted molar refractivity (Wildman–Crippen MR) is 141 cm³/mol. The summed E-state index contributed by atoms with van der Waals surface area (Å²) < 4.78 is 13.8. The standard InChI is InChI=1S/C31H25FN4O/c1-17-15-23(21-7-5-6-8-25(21)34-17)30-35-27(19-9-11-20(32)12-10-19)22-13-14-24-18(2)28(37)26(33-4)16-31(24,3)29(22)36-30/h5-12,15-16,18,24H,13-14H2,1-3H3/t18-,24-,31-/m1/s1. The van der Waals surface area contributed by atoms with Gasteiger partial charge in [0.1, 0.15) is 5.82 Å². The van der Waals surface area contributed by atoms with Crippen molar-refractivity contribution in [2.24, 2.45) is 11.8 Å². The van der Waals surface area contributed by atoms with Gasteiger partial charge in [-0.3, -0.25) is 4.98 Å². The monoisotopic (exact) mass is 488 g/mol. The molecule has 0 fully saturated rings. The summed E-state index contributed by atoms with van der Waals surface area (Å²) in [5.41, 5.74) is 5.56. The Morgan fingerprint density at radius 3 is 2.59 bits per heavy atom. The lowest BCUT2D eigenvalue weighted by atomic mass is 9.58. The molecule has 2 heterocycles. The Bertz CT molecular complexity index is 1670. The van der Waals surface area contributed by atoms with Crippen molar-refractivity contribution in [1.29, 1.82) is 0 Å². The first kappa shape index (κ1) is 23.2. The highest BCUT2D eigenvalue weighted by Gasteiger charge is 2.49. The van der Waals surface area contributed by atoms with Gasteiger partial charge in [-0.15, -0.1) is 0 Å². The van der Waals surface area contributed by atoms with E-state index in [2.05, 4.69) is 16.8 Å². The van der Waals surface area contributed by atoms with Crippen LogP contribution in [0, 0.1) is 31.1 Å². The summed E-state index contributed by atoms with van der Waals surface area (Å²) in [6, 6.07) is 16.3. The molecule has 3 atom stereocenters. The first-order chi connectivity index (χ1) is 17.8. The summed E-state index contributed by atoms with van der Waals surface area (Å²) in [5, 5.41) is 0.945. The molecule has 182 valence electrons. The van der Waals surface area contributed by atoms with Gasteiger partial charge in [0.25, 0.3) is 0 Å². The van der Waals surface area contributed by atoms with Crippen molar-refractivity contribution in [3.8, 4) is 22.6 Å². The van der Waals surface area contributed by atoms with Crippen molar-refractivity contribution in [2.75, 3.05) is 0 Å². The van der Waals surface area contributed by atoms with E-state index in [0.29, 0.717) is 12.2 Å².